The third-order valence-corrected chi connectivity index (χ3v) is 6.36. The summed E-state index contributed by atoms with van der Waals surface area (Å²) in [6, 6.07) is 37.2. The molecule has 1 heterocycles. The zero-order valence-corrected chi connectivity index (χ0v) is 16.3. The minimum atomic E-state index is 1.02. The van der Waals surface area contributed by atoms with E-state index >= 15 is 0 Å². The van der Waals surface area contributed by atoms with Crippen molar-refractivity contribution >= 4 is 54.0 Å². The molecule has 0 amide bonds. The predicted molar refractivity (Wildman–Crippen MR) is 128 cm³/mol. The minimum absolute atomic E-state index is 1.02. The molecule has 0 bridgehead atoms. The van der Waals surface area contributed by atoms with Crippen molar-refractivity contribution in [3.63, 3.8) is 0 Å². The Bertz CT molecular complexity index is 1730. The summed E-state index contributed by atoms with van der Waals surface area (Å²) in [5, 5.41) is 11.5. The van der Waals surface area contributed by atoms with Gasteiger partial charge in [-0.3, -0.25) is 0 Å². The van der Waals surface area contributed by atoms with E-state index in [1.807, 2.05) is 0 Å². The molecule has 0 N–H and O–H groups in total. The van der Waals surface area contributed by atoms with Crippen LogP contribution in [-0.4, -0.2) is 4.98 Å². The molecule has 0 fully saturated rings. The Kier molecular flexibility index (Phi) is 3.06. The second-order valence-electron chi connectivity index (χ2n) is 8.06. The number of rotatable bonds is 1. The molecule has 30 heavy (non-hydrogen) atoms. The number of fused-ring (bicyclic) bond motifs is 2. The van der Waals surface area contributed by atoms with Crippen LogP contribution in [-0.2, 0) is 0 Å². The molecule has 1 aromatic heterocycles. The Labute approximate surface area is 173 Å². The molecule has 0 radical (unpaired) electrons. The fourth-order valence-corrected chi connectivity index (χ4v) is 4.92. The summed E-state index contributed by atoms with van der Waals surface area (Å²) in [6.07, 6.45) is 0. The predicted octanol–water partition coefficient (Wildman–Crippen LogP) is 7.95. The van der Waals surface area contributed by atoms with Crippen LogP contribution in [0.3, 0.4) is 0 Å². The second kappa shape index (κ2) is 5.77. The standard InChI is InChI=1S/C29H17N/c1-2-5-22-17-27-23(16-21(22)4-1)12-15-26(30-27)24-13-10-20-9-8-18-6-3-7-19-11-14-25(24)29(20)28(18)19/h1-17H. The summed E-state index contributed by atoms with van der Waals surface area (Å²) in [6.45, 7) is 0. The SMILES string of the molecule is c1ccc2cc3nc(-c4ccc5ccc6cccc7ccc4c5c67)ccc3cc2c1. The van der Waals surface area contributed by atoms with E-state index in [0.717, 1.165) is 11.2 Å². The Balaban J connectivity index is 1.55. The van der Waals surface area contributed by atoms with Crippen molar-refractivity contribution in [2.45, 2.75) is 0 Å². The lowest BCUT2D eigenvalue weighted by atomic mass is 9.91. The molecule has 138 valence electrons. The highest BCUT2D eigenvalue weighted by molar-refractivity contribution is 6.25. The molecular formula is C29H17N. The quantitative estimate of drug-likeness (QED) is 0.208. The van der Waals surface area contributed by atoms with E-state index in [4.69, 9.17) is 4.98 Å². The van der Waals surface area contributed by atoms with Crippen molar-refractivity contribution in [3.8, 4) is 11.3 Å². The Morgan fingerprint density at radius 1 is 0.433 bits per heavy atom. The molecule has 0 saturated carbocycles. The lowest BCUT2D eigenvalue weighted by Gasteiger charge is -2.14. The number of hydrogen-bond acceptors (Lipinski definition) is 1. The maximum atomic E-state index is 5.08. The van der Waals surface area contributed by atoms with E-state index in [1.165, 1.54) is 54.0 Å². The van der Waals surface area contributed by atoms with E-state index < -0.39 is 0 Å². The van der Waals surface area contributed by atoms with Gasteiger partial charge in [-0.15, -0.1) is 0 Å². The van der Waals surface area contributed by atoms with Crippen LogP contribution in [0.4, 0.5) is 0 Å². The second-order valence-corrected chi connectivity index (χ2v) is 8.06. The van der Waals surface area contributed by atoms with Gasteiger partial charge in [-0.1, -0.05) is 84.9 Å². The van der Waals surface area contributed by atoms with Gasteiger partial charge in [0.15, 0.2) is 0 Å². The molecular weight excluding hydrogens is 362 g/mol. The lowest BCUT2D eigenvalue weighted by Crippen LogP contribution is -1.90. The Morgan fingerprint density at radius 3 is 1.90 bits per heavy atom. The highest BCUT2D eigenvalue weighted by Gasteiger charge is 2.13. The number of hydrogen-bond donors (Lipinski definition) is 0. The highest BCUT2D eigenvalue weighted by Crippen LogP contribution is 2.39. The normalized spacial score (nSPS) is 12.0. The molecule has 0 aliphatic heterocycles. The number of nitrogens with zero attached hydrogens (tertiary/aromatic N) is 1. The Hall–Kier alpha value is -3.97. The zero-order chi connectivity index (χ0) is 19.7. The van der Waals surface area contributed by atoms with Gasteiger partial charge in [0.25, 0.3) is 0 Å². The van der Waals surface area contributed by atoms with Crippen molar-refractivity contribution in [1.29, 1.82) is 0 Å². The maximum absolute atomic E-state index is 5.08. The largest absolute Gasteiger partial charge is 0.248 e. The van der Waals surface area contributed by atoms with Gasteiger partial charge in [-0.05, 0) is 61.3 Å². The highest BCUT2D eigenvalue weighted by atomic mass is 14.7. The van der Waals surface area contributed by atoms with Gasteiger partial charge in [0.1, 0.15) is 0 Å². The monoisotopic (exact) mass is 379 g/mol. The number of pyridine rings is 1. The van der Waals surface area contributed by atoms with E-state index in [0.29, 0.717) is 0 Å². The van der Waals surface area contributed by atoms with E-state index in [9.17, 15) is 0 Å². The molecule has 0 saturated heterocycles. The summed E-state index contributed by atoms with van der Waals surface area (Å²) in [4.78, 5) is 5.08. The molecule has 0 aliphatic carbocycles. The van der Waals surface area contributed by atoms with Gasteiger partial charge >= 0.3 is 0 Å². The molecule has 7 aromatic rings. The van der Waals surface area contributed by atoms with Crippen LogP contribution < -0.4 is 0 Å². The molecule has 0 atom stereocenters. The average molecular weight is 379 g/mol. The van der Waals surface area contributed by atoms with Gasteiger partial charge in [0.2, 0.25) is 0 Å². The topological polar surface area (TPSA) is 12.9 Å². The molecule has 0 unspecified atom stereocenters. The zero-order valence-electron chi connectivity index (χ0n) is 16.3. The van der Waals surface area contributed by atoms with Gasteiger partial charge in [-0.25, -0.2) is 4.98 Å². The van der Waals surface area contributed by atoms with Crippen LogP contribution in [0.25, 0.3) is 65.3 Å². The van der Waals surface area contributed by atoms with Gasteiger partial charge in [-0.2, -0.15) is 0 Å². The lowest BCUT2D eigenvalue weighted by molar-refractivity contribution is 1.42. The van der Waals surface area contributed by atoms with E-state index in [2.05, 4.69) is 103 Å². The fourth-order valence-electron chi connectivity index (χ4n) is 4.92. The molecule has 6 aromatic carbocycles. The van der Waals surface area contributed by atoms with E-state index in [1.54, 1.807) is 0 Å². The van der Waals surface area contributed by atoms with Crippen molar-refractivity contribution in [1.82, 2.24) is 4.98 Å². The minimum Gasteiger partial charge on any atom is -0.248 e. The molecule has 0 aliphatic rings. The molecule has 1 nitrogen and oxygen atoms in total. The first-order valence-corrected chi connectivity index (χ1v) is 10.3. The van der Waals surface area contributed by atoms with Crippen molar-refractivity contribution in [2.75, 3.05) is 0 Å². The van der Waals surface area contributed by atoms with Crippen LogP contribution >= 0.6 is 0 Å². The van der Waals surface area contributed by atoms with Gasteiger partial charge in [0.05, 0.1) is 11.2 Å². The molecule has 7 rings (SSSR count). The Morgan fingerprint density at radius 2 is 1.07 bits per heavy atom. The molecule has 1 heteroatoms. The summed E-state index contributed by atoms with van der Waals surface area (Å²) in [5.74, 6) is 0. The molecule has 0 spiro atoms. The van der Waals surface area contributed by atoms with Crippen LogP contribution in [0.15, 0.2) is 103 Å². The van der Waals surface area contributed by atoms with Crippen molar-refractivity contribution in [2.24, 2.45) is 0 Å². The first kappa shape index (κ1) is 15.9. The van der Waals surface area contributed by atoms with Crippen LogP contribution in [0, 0.1) is 0 Å². The third kappa shape index (κ3) is 2.15. The van der Waals surface area contributed by atoms with Crippen LogP contribution in [0.2, 0.25) is 0 Å². The van der Waals surface area contributed by atoms with Crippen LogP contribution in [0.1, 0.15) is 0 Å². The van der Waals surface area contributed by atoms with Crippen LogP contribution in [0.5, 0.6) is 0 Å². The van der Waals surface area contributed by atoms with Crippen molar-refractivity contribution in [3.05, 3.63) is 103 Å². The van der Waals surface area contributed by atoms with E-state index in [-0.39, 0.29) is 0 Å². The average Bonchev–Trinajstić information content (AvgIpc) is 2.81. The number of aromatic nitrogens is 1. The maximum Gasteiger partial charge on any atom is 0.0715 e. The fraction of sp³-hybridized carbons (Fsp3) is 0. The summed E-state index contributed by atoms with van der Waals surface area (Å²) in [7, 11) is 0. The number of benzene rings is 6. The first-order valence-electron chi connectivity index (χ1n) is 10.3. The summed E-state index contributed by atoms with van der Waals surface area (Å²) >= 11 is 0. The summed E-state index contributed by atoms with van der Waals surface area (Å²) < 4.78 is 0. The third-order valence-electron chi connectivity index (χ3n) is 6.36. The smallest absolute Gasteiger partial charge is 0.0715 e. The van der Waals surface area contributed by atoms with Crippen molar-refractivity contribution < 1.29 is 0 Å². The summed E-state index contributed by atoms with van der Waals surface area (Å²) in [5.41, 5.74) is 3.25. The van der Waals surface area contributed by atoms with Gasteiger partial charge < -0.3 is 0 Å². The van der Waals surface area contributed by atoms with Gasteiger partial charge in [0, 0.05) is 10.9 Å². The first-order chi connectivity index (χ1) is 14.8.